The molecule has 0 radical (unpaired) electrons. The number of aromatic nitrogens is 1. The number of anilines is 1. The van der Waals surface area contributed by atoms with Gasteiger partial charge in [0.2, 0.25) is 0 Å². The van der Waals surface area contributed by atoms with Crippen LogP contribution in [0.1, 0.15) is 0 Å². The third-order valence-corrected chi connectivity index (χ3v) is 6.67. The number of sulfone groups is 1. The van der Waals surface area contributed by atoms with Gasteiger partial charge in [0.25, 0.3) is 10.0 Å². The highest BCUT2D eigenvalue weighted by molar-refractivity contribution is 7.93. The van der Waals surface area contributed by atoms with Gasteiger partial charge in [-0.25, -0.2) is 21.2 Å². The fourth-order valence-electron chi connectivity index (χ4n) is 2.38. The van der Waals surface area contributed by atoms with Crippen LogP contribution in [0.15, 0.2) is 70.7 Å². The second kappa shape index (κ2) is 6.99. The number of rotatable bonds is 5. The summed E-state index contributed by atoms with van der Waals surface area (Å²) in [6, 6.07) is 10.8. The zero-order valence-electron chi connectivity index (χ0n) is 13.9. The second-order valence-electron chi connectivity index (χ2n) is 5.72. The molecule has 0 aliphatic carbocycles. The van der Waals surface area contributed by atoms with E-state index in [2.05, 4.69) is 4.72 Å². The summed E-state index contributed by atoms with van der Waals surface area (Å²) >= 11 is 5.94. The fraction of sp³-hybridized carbons (Fsp3) is 0.0588. The lowest BCUT2D eigenvalue weighted by atomic mass is 10.2. The van der Waals surface area contributed by atoms with Gasteiger partial charge in [0.15, 0.2) is 9.84 Å². The van der Waals surface area contributed by atoms with E-state index >= 15 is 0 Å². The van der Waals surface area contributed by atoms with E-state index in [1.807, 2.05) is 0 Å². The van der Waals surface area contributed by atoms with Crippen molar-refractivity contribution >= 4 is 37.1 Å². The largest absolute Gasteiger partial charge is 0.324 e. The Hall–Kier alpha value is -2.36. The lowest BCUT2D eigenvalue weighted by Gasteiger charge is -2.13. The Balaban J connectivity index is 2.04. The Morgan fingerprint density at radius 2 is 1.67 bits per heavy atom. The SMILES string of the molecule is CS(=O)(=O)c1ccc(Cl)c(S(=O)(=O)Nc2cc(-n3cccc3)ccc2F)c1. The van der Waals surface area contributed by atoms with Crippen LogP contribution in [0.4, 0.5) is 10.1 Å². The van der Waals surface area contributed by atoms with Crippen LogP contribution >= 0.6 is 11.6 Å². The molecular weight excluding hydrogens is 415 g/mol. The number of hydrogen-bond donors (Lipinski definition) is 1. The molecule has 27 heavy (non-hydrogen) atoms. The second-order valence-corrected chi connectivity index (χ2v) is 9.80. The van der Waals surface area contributed by atoms with Crippen molar-refractivity contribution in [3.8, 4) is 5.69 Å². The minimum atomic E-state index is -4.33. The maximum atomic E-state index is 14.2. The van der Waals surface area contributed by atoms with E-state index in [9.17, 15) is 21.2 Å². The molecule has 6 nitrogen and oxygen atoms in total. The quantitative estimate of drug-likeness (QED) is 0.674. The average molecular weight is 429 g/mol. The van der Waals surface area contributed by atoms with Crippen LogP contribution in [0.2, 0.25) is 5.02 Å². The minimum absolute atomic E-state index is 0.183. The minimum Gasteiger partial charge on any atom is -0.324 e. The van der Waals surface area contributed by atoms with Crippen LogP contribution in [-0.2, 0) is 19.9 Å². The molecule has 3 rings (SSSR count). The Morgan fingerprint density at radius 3 is 2.30 bits per heavy atom. The Bertz CT molecular complexity index is 1210. The zero-order valence-corrected chi connectivity index (χ0v) is 16.3. The summed E-state index contributed by atoms with van der Waals surface area (Å²) in [5.74, 6) is -0.787. The van der Waals surface area contributed by atoms with E-state index in [1.165, 1.54) is 24.3 Å². The molecular formula is C17H14ClFN2O4S2. The van der Waals surface area contributed by atoms with Crippen LogP contribution in [0.5, 0.6) is 0 Å². The molecule has 1 aromatic heterocycles. The maximum Gasteiger partial charge on any atom is 0.263 e. The van der Waals surface area contributed by atoms with Crippen molar-refractivity contribution in [2.24, 2.45) is 0 Å². The average Bonchev–Trinajstić information content (AvgIpc) is 3.10. The summed E-state index contributed by atoms with van der Waals surface area (Å²) in [5, 5.41) is -0.183. The van der Waals surface area contributed by atoms with Gasteiger partial charge in [-0.2, -0.15) is 0 Å². The first-order chi connectivity index (χ1) is 12.6. The number of halogens is 2. The van der Waals surface area contributed by atoms with Gasteiger partial charge in [0.05, 0.1) is 15.6 Å². The van der Waals surface area contributed by atoms with E-state index in [-0.39, 0.29) is 15.6 Å². The van der Waals surface area contributed by atoms with Gasteiger partial charge < -0.3 is 4.57 Å². The smallest absolute Gasteiger partial charge is 0.263 e. The van der Waals surface area contributed by atoms with Crippen molar-refractivity contribution in [3.63, 3.8) is 0 Å². The normalized spacial score (nSPS) is 12.1. The molecule has 0 aliphatic rings. The zero-order chi connectivity index (χ0) is 19.8. The summed E-state index contributed by atoms with van der Waals surface area (Å²) in [5.41, 5.74) is 0.247. The van der Waals surface area contributed by atoms with Crippen molar-refractivity contribution in [3.05, 3.63) is 71.8 Å². The summed E-state index contributed by atoms with van der Waals surface area (Å²) in [7, 11) is -7.98. The van der Waals surface area contributed by atoms with Crippen LogP contribution in [0.3, 0.4) is 0 Å². The highest BCUT2D eigenvalue weighted by Gasteiger charge is 2.22. The van der Waals surface area contributed by atoms with Gasteiger partial charge in [0, 0.05) is 24.3 Å². The first-order valence-electron chi connectivity index (χ1n) is 7.53. The first kappa shape index (κ1) is 19.4. The van der Waals surface area contributed by atoms with E-state index in [0.29, 0.717) is 5.69 Å². The molecule has 0 bridgehead atoms. The number of hydrogen-bond acceptors (Lipinski definition) is 4. The lowest BCUT2D eigenvalue weighted by molar-refractivity contribution is 0.597. The van der Waals surface area contributed by atoms with Crippen LogP contribution < -0.4 is 4.72 Å². The van der Waals surface area contributed by atoms with Gasteiger partial charge >= 0.3 is 0 Å². The van der Waals surface area contributed by atoms with E-state index in [0.717, 1.165) is 18.4 Å². The third-order valence-electron chi connectivity index (χ3n) is 3.72. The Kier molecular flexibility index (Phi) is 5.02. The topological polar surface area (TPSA) is 85.2 Å². The molecule has 1 heterocycles. The van der Waals surface area contributed by atoms with Crippen LogP contribution in [-0.4, -0.2) is 27.7 Å². The molecule has 0 unspecified atom stereocenters. The predicted molar refractivity (Wildman–Crippen MR) is 101 cm³/mol. The third kappa shape index (κ3) is 4.15. The molecule has 0 atom stereocenters. The summed E-state index contributed by atoms with van der Waals surface area (Å²) in [6.45, 7) is 0. The predicted octanol–water partition coefficient (Wildman–Crippen LogP) is 3.47. The Labute approximate surface area is 161 Å². The van der Waals surface area contributed by atoms with E-state index < -0.39 is 30.6 Å². The molecule has 0 fully saturated rings. The Morgan fingerprint density at radius 1 is 1.00 bits per heavy atom. The van der Waals surface area contributed by atoms with E-state index in [4.69, 9.17) is 11.6 Å². The molecule has 0 amide bonds. The maximum absolute atomic E-state index is 14.2. The lowest BCUT2D eigenvalue weighted by Crippen LogP contribution is -2.15. The van der Waals surface area contributed by atoms with E-state index in [1.54, 1.807) is 29.1 Å². The molecule has 1 N–H and O–H groups in total. The molecule has 142 valence electrons. The van der Waals surface area contributed by atoms with Gasteiger partial charge in [-0.05, 0) is 48.5 Å². The van der Waals surface area contributed by atoms with Crippen molar-refractivity contribution in [1.82, 2.24) is 4.57 Å². The highest BCUT2D eigenvalue weighted by atomic mass is 35.5. The molecule has 3 aromatic rings. The summed E-state index contributed by atoms with van der Waals surface area (Å²) < 4.78 is 66.7. The molecule has 2 aromatic carbocycles. The monoisotopic (exact) mass is 428 g/mol. The molecule has 0 spiro atoms. The molecule has 10 heteroatoms. The highest BCUT2D eigenvalue weighted by Crippen LogP contribution is 2.28. The van der Waals surface area contributed by atoms with Gasteiger partial charge in [-0.15, -0.1) is 0 Å². The number of sulfonamides is 1. The summed E-state index contributed by atoms with van der Waals surface area (Å²) in [4.78, 5) is -0.674. The van der Waals surface area contributed by atoms with Crippen molar-refractivity contribution in [2.75, 3.05) is 11.0 Å². The van der Waals surface area contributed by atoms with Gasteiger partial charge in [0.1, 0.15) is 10.7 Å². The van der Waals surface area contributed by atoms with Crippen molar-refractivity contribution < 1.29 is 21.2 Å². The van der Waals surface area contributed by atoms with Gasteiger partial charge in [-0.1, -0.05) is 11.6 Å². The van der Waals surface area contributed by atoms with Crippen molar-refractivity contribution in [2.45, 2.75) is 9.79 Å². The molecule has 0 aliphatic heterocycles. The number of nitrogens with zero attached hydrogens (tertiary/aromatic N) is 1. The standard InChI is InChI=1S/C17H14ClFN2O4S2/c1-26(22,23)13-5-6-14(18)17(11-13)27(24,25)20-16-10-12(4-7-15(16)19)21-8-2-3-9-21/h2-11,20H,1H3. The number of benzene rings is 2. The van der Waals surface area contributed by atoms with Crippen LogP contribution in [0, 0.1) is 5.82 Å². The summed E-state index contributed by atoms with van der Waals surface area (Å²) in [6.07, 6.45) is 4.39. The molecule has 0 saturated heterocycles. The number of nitrogens with one attached hydrogen (secondary N) is 1. The first-order valence-corrected chi connectivity index (χ1v) is 11.3. The fourth-order valence-corrected chi connectivity index (χ4v) is 4.69. The van der Waals surface area contributed by atoms with Crippen LogP contribution in [0.25, 0.3) is 5.69 Å². The molecule has 0 saturated carbocycles. The van der Waals surface area contributed by atoms with Gasteiger partial charge in [-0.3, -0.25) is 4.72 Å². The van der Waals surface area contributed by atoms with Crippen molar-refractivity contribution in [1.29, 1.82) is 0 Å².